The predicted octanol–water partition coefficient (Wildman–Crippen LogP) is 7.39. The molecular weight excluding hydrogens is 340 g/mol. The fourth-order valence-corrected chi connectivity index (χ4v) is 8.67. The van der Waals surface area contributed by atoms with E-state index in [9.17, 15) is 5.11 Å². The number of allylic oxidation sites excluding steroid dienone is 1. The largest absolute Gasteiger partial charge is 0.393 e. The van der Waals surface area contributed by atoms with Gasteiger partial charge in [0.2, 0.25) is 0 Å². The van der Waals surface area contributed by atoms with Gasteiger partial charge in [-0.3, -0.25) is 0 Å². The number of fused-ring (bicyclic) bond motifs is 5. The normalized spacial score (nSPS) is 46.5. The van der Waals surface area contributed by atoms with Crippen LogP contribution in [-0.4, -0.2) is 11.2 Å². The van der Waals surface area contributed by atoms with Gasteiger partial charge in [0.1, 0.15) is 0 Å². The van der Waals surface area contributed by atoms with Crippen molar-refractivity contribution < 1.29 is 5.11 Å². The Labute approximate surface area is 174 Å². The van der Waals surface area contributed by atoms with Crippen molar-refractivity contribution in [3.63, 3.8) is 0 Å². The molecule has 3 saturated carbocycles. The maximum atomic E-state index is 10.2. The van der Waals surface area contributed by atoms with E-state index in [0.29, 0.717) is 10.8 Å². The first-order chi connectivity index (χ1) is 13.3. The molecule has 4 rings (SSSR count). The molecule has 4 aliphatic carbocycles. The highest BCUT2D eigenvalue weighted by atomic mass is 16.3. The van der Waals surface area contributed by atoms with Crippen LogP contribution in [0, 0.1) is 46.3 Å². The van der Waals surface area contributed by atoms with Crippen LogP contribution in [0.5, 0.6) is 0 Å². The molecule has 160 valence electrons. The Morgan fingerprint density at radius 1 is 1.00 bits per heavy atom. The van der Waals surface area contributed by atoms with Crippen LogP contribution in [0.1, 0.15) is 105 Å². The van der Waals surface area contributed by atoms with E-state index in [2.05, 4.69) is 40.7 Å². The third-order valence-corrected chi connectivity index (χ3v) is 10.3. The van der Waals surface area contributed by atoms with E-state index in [1.807, 2.05) is 0 Å². The van der Waals surface area contributed by atoms with Gasteiger partial charge in [0, 0.05) is 0 Å². The van der Waals surface area contributed by atoms with Crippen LogP contribution in [0.2, 0.25) is 0 Å². The lowest BCUT2D eigenvalue weighted by atomic mass is 9.47. The summed E-state index contributed by atoms with van der Waals surface area (Å²) in [6.45, 7) is 12.6. The Morgan fingerprint density at radius 2 is 1.79 bits per heavy atom. The van der Waals surface area contributed by atoms with Crippen molar-refractivity contribution in [3.05, 3.63) is 11.6 Å². The van der Waals surface area contributed by atoms with Crippen LogP contribution in [0.3, 0.4) is 0 Å². The van der Waals surface area contributed by atoms with Gasteiger partial charge in [0.25, 0.3) is 0 Å². The summed E-state index contributed by atoms with van der Waals surface area (Å²) in [4.78, 5) is 0. The Bertz CT molecular complexity index is 591. The van der Waals surface area contributed by atoms with Gasteiger partial charge in [-0.25, -0.2) is 0 Å². The molecule has 1 heteroatoms. The van der Waals surface area contributed by atoms with Crippen LogP contribution in [0.25, 0.3) is 0 Å². The summed E-state index contributed by atoms with van der Waals surface area (Å²) < 4.78 is 0. The van der Waals surface area contributed by atoms with Crippen molar-refractivity contribution in [2.75, 3.05) is 0 Å². The minimum Gasteiger partial charge on any atom is -0.393 e. The van der Waals surface area contributed by atoms with E-state index in [4.69, 9.17) is 0 Å². The molecule has 0 heterocycles. The van der Waals surface area contributed by atoms with Crippen LogP contribution in [-0.2, 0) is 0 Å². The van der Waals surface area contributed by atoms with E-state index in [1.165, 1.54) is 57.8 Å². The van der Waals surface area contributed by atoms with Gasteiger partial charge in [-0.15, -0.1) is 0 Å². The van der Waals surface area contributed by atoms with Crippen molar-refractivity contribution in [1.82, 2.24) is 0 Å². The molecule has 0 amide bonds. The molecule has 8 atom stereocenters. The zero-order chi connectivity index (χ0) is 20.1. The molecule has 1 nitrogen and oxygen atoms in total. The molecule has 2 unspecified atom stereocenters. The molecule has 0 aromatic rings. The monoisotopic (exact) mass is 386 g/mol. The molecule has 28 heavy (non-hydrogen) atoms. The number of hydrogen-bond acceptors (Lipinski definition) is 1. The first-order valence-electron chi connectivity index (χ1n) is 12.6. The molecule has 0 saturated heterocycles. The quantitative estimate of drug-likeness (QED) is 0.488. The Morgan fingerprint density at radius 3 is 2.54 bits per heavy atom. The van der Waals surface area contributed by atoms with E-state index in [1.54, 1.807) is 5.57 Å². The molecule has 0 radical (unpaired) electrons. The van der Waals surface area contributed by atoms with Gasteiger partial charge in [-0.2, -0.15) is 0 Å². The molecule has 0 aliphatic heterocycles. The Kier molecular flexibility index (Phi) is 5.80. The van der Waals surface area contributed by atoms with E-state index < -0.39 is 0 Å². The van der Waals surface area contributed by atoms with Crippen molar-refractivity contribution >= 4 is 0 Å². The van der Waals surface area contributed by atoms with Crippen LogP contribution in [0.15, 0.2) is 11.6 Å². The molecule has 0 aromatic heterocycles. The number of rotatable bonds is 5. The van der Waals surface area contributed by atoms with Gasteiger partial charge in [-0.1, -0.05) is 65.5 Å². The maximum Gasteiger partial charge on any atom is 0.0577 e. The second kappa shape index (κ2) is 7.75. The lowest BCUT2D eigenvalue weighted by Gasteiger charge is -2.58. The summed E-state index contributed by atoms with van der Waals surface area (Å²) in [6, 6.07) is 0. The lowest BCUT2D eigenvalue weighted by molar-refractivity contribution is -0.0573. The second-order valence-corrected chi connectivity index (χ2v) is 12.2. The molecule has 0 spiro atoms. The summed E-state index contributed by atoms with van der Waals surface area (Å²) in [5.41, 5.74) is 2.60. The third kappa shape index (κ3) is 3.42. The SMILES string of the molecule is CC(C)CCC[C@@H](C)[C@H]1CC[C@H]2C3CC=C4C[C@@H](O)CC[C@]4(C)C3CC[C@]12C. The summed E-state index contributed by atoms with van der Waals surface area (Å²) >= 11 is 0. The molecule has 1 N–H and O–H groups in total. The van der Waals surface area contributed by atoms with Crippen LogP contribution >= 0.6 is 0 Å². The van der Waals surface area contributed by atoms with Crippen molar-refractivity contribution in [2.24, 2.45) is 46.3 Å². The fraction of sp³-hybridized carbons (Fsp3) is 0.926. The minimum atomic E-state index is -0.0766. The highest BCUT2D eigenvalue weighted by Crippen LogP contribution is 2.67. The van der Waals surface area contributed by atoms with Crippen LogP contribution < -0.4 is 0 Å². The summed E-state index contributed by atoms with van der Waals surface area (Å²) in [5.74, 6) is 5.46. The first-order valence-corrected chi connectivity index (χ1v) is 12.6. The first kappa shape index (κ1) is 21.0. The summed E-state index contributed by atoms with van der Waals surface area (Å²) in [5, 5.41) is 10.2. The van der Waals surface area contributed by atoms with Gasteiger partial charge >= 0.3 is 0 Å². The molecule has 0 bridgehead atoms. The predicted molar refractivity (Wildman–Crippen MR) is 119 cm³/mol. The molecule has 3 fully saturated rings. The summed E-state index contributed by atoms with van der Waals surface area (Å²) in [6.07, 6.45) is 17.2. The Hall–Kier alpha value is -0.300. The standard InChI is InChI=1S/C27H46O/c1-18(2)7-6-8-19(3)23-11-12-24-22-10-9-20-17-21(28)13-15-26(20,4)25(22)14-16-27(23,24)5/h9,18-19,21-25,28H,6-8,10-17H2,1-5H3/t19-,21+,22?,23-,24+,25?,26+,27-/m1/s1. The van der Waals surface area contributed by atoms with Gasteiger partial charge in [0.05, 0.1) is 6.10 Å². The average Bonchev–Trinajstić information content (AvgIpc) is 2.99. The van der Waals surface area contributed by atoms with Crippen LogP contribution in [0.4, 0.5) is 0 Å². The van der Waals surface area contributed by atoms with Gasteiger partial charge in [0.15, 0.2) is 0 Å². The molecular formula is C27H46O. The average molecular weight is 387 g/mol. The second-order valence-electron chi connectivity index (χ2n) is 12.2. The maximum absolute atomic E-state index is 10.2. The van der Waals surface area contributed by atoms with Crippen molar-refractivity contribution in [1.29, 1.82) is 0 Å². The third-order valence-electron chi connectivity index (χ3n) is 10.3. The zero-order valence-corrected chi connectivity index (χ0v) is 19.3. The summed E-state index contributed by atoms with van der Waals surface area (Å²) in [7, 11) is 0. The highest BCUT2D eigenvalue weighted by molar-refractivity contribution is 5.25. The van der Waals surface area contributed by atoms with E-state index in [-0.39, 0.29) is 6.10 Å². The molecule has 4 aliphatic rings. The number of aliphatic hydroxyl groups excluding tert-OH is 1. The topological polar surface area (TPSA) is 20.2 Å². The van der Waals surface area contributed by atoms with Crippen molar-refractivity contribution in [2.45, 2.75) is 111 Å². The number of aliphatic hydroxyl groups is 1. The highest BCUT2D eigenvalue weighted by Gasteiger charge is 2.59. The Balaban J connectivity index is 1.49. The zero-order valence-electron chi connectivity index (χ0n) is 19.3. The van der Waals surface area contributed by atoms with E-state index in [0.717, 1.165) is 48.3 Å². The van der Waals surface area contributed by atoms with Gasteiger partial charge in [-0.05, 0) is 97.7 Å². The fourth-order valence-electron chi connectivity index (χ4n) is 8.67. The lowest BCUT2D eigenvalue weighted by Crippen LogP contribution is -2.50. The van der Waals surface area contributed by atoms with E-state index >= 15 is 0 Å². The number of hydrogen-bond donors (Lipinski definition) is 1. The smallest absolute Gasteiger partial charge is 0.0577 e. The molecule has 0 aromatic carbocycles. The van der Waals surface area contributed by atoms with Crippen molar-refractivity contribution in [3.8, 4) is 0 Å². The minimum absolute atomic E-state index is 0.0766. The van der Waals surface area contributed by atoms with Gasteiger partial charge < -0.3 is 5.11 Å².